The highest BCUT2D eigenvalue weighted by Gasteiger charge is 2.33. The number of hydrogen-bond acceptors (Lipinski definition) is 3. The number of alkyl halides is 4. The number of nitrogens with one attached hydrogen (secondary N) is 1. The van der Waals surface area contributed by atoms with E-state index >= 15 is 0 Å². The Morgan fingerprint density at radius 1 is 1.22 bits per heavy atom. The first-order valence-electron chi connectivity index (χ1n) is 5.76. The van der Waals surface area contributed by atoms with E-state index in [0.29, 0.717) is 0 Å². The molecule has 0 atom stereocenters. The predicted molar refractivity (Wildman–Crippen MR) is 62.6 cm³/mol. The van der Waals surface area contributed by atoms with Gasteiger partial charge in [0.15, 0.2) is 0 Å². The topological polar surface area (TPSA) is 37.8 Å². The van der Waals surface area contributed by atoms with Crippen LogP contribution in [0.5, 0.6) is 0 Å². The van der Waals surface area contributed by atoms with Crippen molar-refractivity contribution in [1.82, 2.24) is 9.97 Å². The molecule has 2 rings (SSSR count). The second-order valence-electron chi connectivity index (χ2n) is 4.36. The first-order chi connectivity index (χ1) is 8.45. The third kappa shape index (κ3) is 3.48. The number of halogens is 4. The summed E-state index contributed by atoms with van der Waals surface area (Å²) in [5, 5.41) is 3.10. The van der Waals surface area contributed by atoms with E-state index in [1.54, 1.807) is 0 Å². The van der Waals surface area contributed by atoms with Crippen molar-refractivity contribution in [3.63, 3.8) is 0 Å². The summed E-state index contributed by atoms with van der Waals surface area (Å²) in [5.41, 5.74) is -0.925. The molecule has 100 valence electrons. The summed E-state index contributed by atoms with van der Waals surface area (Å²) in [6.07, 6.45) is 0.0520. The lowest BCUT2D eigenvalue weighted by Gasteiger charge is -2.25. The molecule has 0 bridgehead atoms. The lowest BCUT2D eigenvalue weighted by Crippen LogP contribution is -2.27. The molecule has 0 aromatic carbocycles. The molecule has 1 N–H and O–H groups in total. The minimum Gasteiger partial charge on any atom is -0.351 e. The molecular weight excluding hydrogens is 267 g/mol. The molecule has 0 amide bonds. The summed E-state index contributed by atoms with van der Waals surface area (Å²) in [7, 11) is 0. The molecule has 1 fully saturated rings. The minimum absolute atomic E-state index is 0.0304. The first kappa shape index (κ1) is 13.4. The molecule has 0 spiro atoms. The normalized spacial score (nSPS) is 24.9. The summed E-state index contributed by atoms with van der Waals surface area (Å²) in [5.74, 6) is 0.0304. The summed E-state index contributed by atoms with van der Waals surface area (Å²) < 4.78 is 37.4. The quantitative estimate of drug-likeness (QED) is 0.843. The maximum Gasteiger partial charge on any atom is 0.433 e. The second kappa shape index (κ2) is 5.30. The van der Waals surface area contributed by atoms with Gasteiger partial charge in [-0.1, -0.05) is 0 Å². The highest BCUT2D eigenvalue weighted by Crippen LogP contribution is 2.28. The molecule has 0 unspecified atom stereocenters. The van der Waals surface area contributed by atoms with Gasteiger partial charge < -0.3 is 5.32 Å². The van der Waals surface area contributed by atoms with E-state index < -0.39 is 11.9 Å². The lowest BCUT2D eigenvalue weighted by molar-refractivity contribution is -0.141. The summed E-state index contributed by atoms with van der Waals surface area (Å²) >= 11 is 5.96. The molecule has 3 nitrogen and oxygen atoms in total. The molecule has 0 saturated heterocycles. The Balaban J connectivity index is 2.01. The monoisotopic (exact) mass is 279 g/mol. The zero-order valence-electron chi connectivity index (χ0n) is 9.54. The van der Waals surface area contributed by atoms with Crippen molar-refractivity contribution in [3.8, 4) is 0 Å². The van der Waals surface area contributed by atoms with Gasteiger partial charge in [0.05, 0.1) is 0 Å². The standard InChI is InChI=1S/C11H13ClF3N3/c12-7-1-3-8(4-2-7)17-10-16-6-5-9(18-10)11(13,14)15/h5-8H,1-4H2,(H,16,17,18). The van der Waals surface area contributed by atoms with Gasteiger partial charge in [0.2, 0.25) is 5.95 Å². The number of aromatic nitrogens is 2. The van der Waals surface area contributed by atoms with Gasteiger partial charge in [0.1, 0.15) is 5.69 Å². The zero-order chi connectivity index (χ0) is 13.2. The Bertz CT molecular complexity index is 403. The van der Waals surface area contributed by atoms with Crippen molar-refractivity contribution in [2.24, 2.45) is 0 Å². The van der Waals surface area contributed by atoms with Crippen LogP contribution in [0.25, 0.3) is 0 Å². The van der Waals surface area contributed by atoms with Crippen LogP contribution in [0.1, 0.15) is 31.4 Å². The van der Waals surface area contributed by atoms with Crippen LogP contribution >= 0.6 is 11.6 Å². The van der Waals surface area contributed by atoms with E-state index in [-0.39, 0.29) is 17.4 Å². The van der Waals surface area contributed by atoms with Gasteiger partial charge in [-0.3, -0.25) is 0 Å². The zero-order valence-corrected chi connectivity index (χ0v) is 10.3. The van der Waals surface area contributed by atoms with Crippen LogP contribution in [-0.4, -0.2) is 21.4 Å². The minimum atomic E-state index is -4.44. The van der Waals surface area contributed by atoms with Crippen molar-refractivity contribution in [1.29, 1.82) is 0 Å². The van der Waals surface area contributed by atoms with Crippen molar-refractivity contribution in [2.75, 3.05) is 5.32 Å². The average Bonchev–Trinajstić information content (AvgIpc) is 2.31. The fraction of sp³-hybridized carbons (Fsp3) is 0.636. The van der Waals surface area contributed by atoms with Crippen molar-refractivity contribution in [2.45, 2.75) is 43.3 Å². The smallest absolute Gasteiger partial charge is 0.351 e. The molecule has 18 heavy (non-hydrogen) atoms. The van der Waals surface area contributed by atoms with Crippen LogP contribution in [0.4, 0.5) is 19.1 Å². The van der Waals surface area contributed by atoms with Crippen molar-refractivity contribution < 1.29 is 13.2 Å². The SMILES string of the molecule is FC(F)(F)c1ccnc(NC2CCC(Cl)CC2)n1. The average molecular weight is 280 g/mol. The molecule has 0 radical (unpaired) electrons. The van der Waals surface area contributed by atoms with Gasteiger partial charge in [-0.05, 0) is 31.7 Å². The van der Waals surface area contributed by atoms with E-state index in [2.05, 4.69) is 15.3 Å². The maximum absolute atomic E-state index is 12.5. The fourth-order valence-electron chi connectivity index (χ4n) is 1.97. The third-order valence-electron chi connectivity index (χ3n) is 2.94. The molecule has 0 aliphatic heterocycles. The van der Waals surface area contributed by atoms with E-state index in [0.717, 1.165) is 37.9 Å². The van der Waals surface area contributed by atoms with Crippen LogP contribution in [0.2, 0.25) is 0 Å². The Morgan fingerprint density at radius 2 is 1.89 bits per heavy atom. The Kier molecular flexibility index (Phi) is 3.94. The molecular formula is C11H13ClF3N3. The Morgan fingerprint density at radius 3 is 2.50 bits per heavy atom. The highest BCUT2D eigenvalue weighted by molar-refractivity contribution is 6.20. The molecule has 1 saturated carbocycles. The molecule has 7 heteroatoms. The molecule has 1 heterocycles. The molecule has 1 aliphatic carbocycles. The lowest BCUT2D eigenvalue weighted by atomic mass is 9.95. The van der Waals surface area contributed by atoms with Gasteiger partial charge >= 0.3 is 6.18 Å². The van der Waals surface area contributed by atoms with Crippen LogP contribution in [0.3, 0.4) is 0 Å². The third-order valence-corrected chi connectivity index (χ3v) is 3.37. The summed E-state index contributed by atoms with van der Waals surface area (Å²) in [4.78, 5) is 7.29. The number of anilines is 1. The van der Waals surface area contributed by atoms with E-state index in [4.69, 9.17) is 11.6 Å². The Hall–Kier alpha value is -1.04. The van der Waals surface area contributed by atoms with Gasteiger partial charge in [0.25, 0.3) is 0 Å². The molecule has 1 aromatic heterocycles. The van der Waals surface area contributed by atoms with Crippen LogP contribution in [-0.2, 0) is 6.18 Å². The van der Waals surface area contributed by atoms with E-state index in [1.165, 1.54) is 0 Å². The number of nitrogens with zero attached hydrogens (tertiary/aromatic N) is 2. The van der Waals surface area contributed by atoms with Crippen LogP contribution < -0.4 is 5.32 Å². The van der Waals surface area contributed by atoms with E-state index in [9.17, 15) is 13.2 Å². The first-order valence-corrected chi connectivity index (χ1v) is 6.19. The van der Waals surface area contributed by atoms with E-state index in [1.807, 2.05) is 0 Å². The fourth-order valence-corrected chi connectivity index (χ4v) is 2.22. The van der Waals surface area contributed by atoms with Crippen LogP contribution in [0.15, 0.2) is 12.3 Å². The van der Waals surface area contributed by atoms with Crippen molar-refractivity contribution >= 4 is 17.5 Å². The molecule has 1 aliphatic rings. The van der Waals surface area contributed by atoms with Crippen molar-refractivity contribution in [3.05, 3.63) is 18.0 Å². The molecule has 1 aromatic rings. The van der Waals surface area contributed by atoms with Gasteiger partial charge in [-0.2, -0.15) is 13.2 Å². The van der Waals surface area contributed by atoms with Gasteiger partial charge in [-0.25, -0.2) is 9.97 Å². The summed E-state index contributed by atoms with van der Waals surface area (Å²) in [6.45, 7) is 0. The highest BCUT2D eigenvalue weighted by atomic mass is 35.5. The second-order valence-corrected chi connectivity index (χ2v) is 4.97. The Labute approximate surface area is 108 Å². The van der Waals surface area contributed by atoms with Crippen LogP contribution in [0, 0.1) is 0 Å². The largest absolute Gasteiger partial charge is 0.433 e. The maximum atomic E-state index is 12.5. The van der Waals surface area contributed by atoms with Gasteiger partial charge in [0, 0.05) is 17.6 Å². The number of rotatable bonds is 2. The summed E-state index contributed by atoms with van der Waals surface area (Å²) in [6, 6.07) is 0.962. The number of hydrogen-bond donors (Lipinski definition) is 1. The predicted octanol–water partition coefficient (Wildman–Crippen LogP) is 3.46. The van der Waals surface area contributed by atoms with Gasteiger partial charge in [-0.15, -0.1) is 11.6 Å².